The molecule has 2 heterocycles. The van der Waals surface area contributed by atoms with Crippen LogP contribution in [0.3, 0.4) is 0 Å². The fourth-order valence-electron chi connectivity index (χ4n) is 13.8. The Kier molecular flexibility index (Phi) is 9.15. The van der Waals surface area contributed by atoms with Gasteiger partial charge in [-0.15, -0.1) is 0 Å². The van der Waals surface area contributed by atoms with Crippen molar-refractivity contribution < 1.29 is 0 Å². The Hall–Kier alpha value is -7.62. The Morgan fingerprint density at radius 3 is 1.74 bits per heavy atom. The third-order valence-corrected chi connectivity index (χ3v) is 16.4. The zero-order chi connectivity index (χ0) is 44.9. The lowest BCUT2D eigenvalue weighted by molar-refractivity contribution is -0.00276. The van der Waals surface area contributed by atoms with Crippen molar-refractivity contribution in [2.75, 3.05) is 4.90 Å². The van der Waals surface area contributed by atoms with Gasteiger partial charge < -0.3 is 14.0 Å². The van der Waals surface area contributed by atoms with Crippen LogP contribution >= 0.6 is 0 Å². The summed E-state index contributed by atoms with van der Waals surface area (Å²) in [5.74, 6) is 4.08. The first-order valence-electron chi connectivity index (χ1n) is 24.9. The number of benzene rings is 9. The molecule has 3 heteroatoms. The quantitative estimate of drug-likeness (QED) is 0.148. The average molecular weight is 876 g/mol. The van der Waals surface area contributed by atoms with E-state index in [2.05, 4.69) is 233 Å². The maximum absolute atomic E-state index is 2.65. The van der Waals surface area contributed by atoms with Crippen LogP contribution in [0.4, 0.5) is 17.1 Å². The second kappa shape index (κ2) is 15.7. The van der Waals surface area contributed by atoms with Gasteiger partial charge in [0, 0.05) is 44.2 Å². The molecule has 0 spiro atoms. The van der Waals surface area contributed by atoms with Gasteiger partial charge in [0.1, 0.15) is 0 Å². The van der Waals surface area contributed by atoms with Gasteiger partial charge in [0.2, 0.25) is 0 Å². The third-order valence-electron chi connectivity index (χ3n) is 16.4. The molecule has 3 nitrogen and oxygen atoms in total. The molecule has 0 amide bonds. The smallest absolute Gasteiger partial charge is 0.0591 e. The minimum Gasteiger partial charge on any atom is -0.309 e. The van der Waals surface area contributed by atoms with Crippen molar-refractivity contribution in [3.8, 4) is 33.6 Å². The SMILES string of the molecule is Cc1ccc(N(c2ccc(-c3cccc(-n4c5ccccc5c5ccccc54)c3)cc2)c2ccccc2-c2ccccc2)c2c3ccccc3n(-c3ccccc3C3C4CC5CC(C4)CC3C5)c12. The van der Waals surface area contributed by atoms with Gasteiger partial charge in [-0.05, 0) is 157 Å². The largest absolute Gasteiger partial charge is 0.309 e. The second-order valence-corrected chi connectivity index (χ2v) is 20.2. The summed E-state index contributed by atoms with van der Waals surface area (Å²) in [7, 11) is 0. The molecule has 2 aromatic heterocycles. The number of rotatable bonds is 8. The van der Waals surface area contributed by atoms with Crippen LogP contribution in [0.5, 0.6) is 0 Å². The molecule has 0 saturated heterocycles. The third kappa shape index (κ3) is 6.18. The molecular weight excluding hydrogens is 823 g/mol. The average Bonchev–Trinajstić information content (AvgIpc) is 3.92. The topological polar surface area (TPSA) is 13.1 Å². The van der Waals surface area contributed by atoms with Crippen molar-refractivity contribution in [3.63, 3.8) is 0 Å². The second-order valence-electron chi connectivity index (χ2n) is 20.2. The van der Waals surface area contributed by atoms with Crippen LogP contribution in [0.25, 0.3) is 77.2 Å². The Morgan fingerprint density at radius 2 is 1.01 bits per heavy atom. The van der Waals surface area contributed by atoms with Crippen molar-refractivity contribution in [3.05, 3.63) is 223 Å². The highest BCUT2D eigenvalue weighted by Crippen LogP contribution is 2.61. The zero-order valence-corrected chi connectivity index (χ0v) is 38.5. The summed E-state index contributed by atoms with van der Waals surface area (Å²) in [4.78, 5) is 2.53. The van der Waals surface area contributed by atoms with Gasteiger partial charge in [-0.25, -0.2) is 0 Å². The minimum atomic E-state index is 0.620. The number of fused-ring (bicyclic) bond motifs is 6. The van der Waals surface area contributed by atoms with E-state index in [0.29, 0.717) is 5.92 Å². The van der Waals surface area contributed by atoms with Gasteiger partial charge in [-0.1, -0.05) is 152 Å². The summed E-state index contributed by atoms with van der Waals surface area (Å²) < 4.78 is 5.06. The van der Waals surface area contributed by atoms with Gasteiger partial charge in [-0.3, -0.25) is 0 Å². The van der Waals surface area contributed by atoms with E-state index >= 15 is 0 Å². The molecule has 0 radical (unpaired) electrons. The molecule has 0 unspecified atom stereocenters. The molecule has 4 saturated carbocycles. The van der Waals surface area contributed by atoms with Gasteiger partial charge in [0.15, 0.2) is 0 Å². The van der Waals surface area contributed by atoms with Gasteiger partial charge in [0.05, 0.1) is 33.4 Å². The lowest BCUT2D eigenvalue weighted by atomic mass is 9.50. The fourth-order valence-corrected chi connectivity index (χ4v) is 13.8. The van der Waals surface area contributed by atoms with Crippen molar-refractivity contribution in [2.24, 2.45) is 23.7 Å². The van der Waals surface area contributed by atoms with Crippen LogP contribution in [-0.2, 0) is 0 Å². The minimum absolute atomic E-state index is 0.620. The summed E-state index contributed by atoms with van der Waals surface area (Å²) in [6, 6.07) is 79.1. The first-order chi connectivity index (χ1) is 33.6. The first kappa shape index (κ1) is 39.5. The highest BCUT2D eigenvalue weighted by atomic mass is 15.2. The van der Waals surface area contributed by atoms with E-state index in [1.54, 1.807) is 5.56 Å². The first-order valence-corrected chi connectivity index (χ1v) is 24.9. The van der Waals surface area contributed by atoms with E-state index in [-0.39, 0.29) is 0 Å². The lowest BCUT2D eigenvalue weighted by Crippen LogP contribution is -2.44. The van der Waals surface area contributed by atoms with Gasteiger partial charge >= 0.3 is 0 Å². The molecule has 68 heavy (non-hydrogen) atoms. The molecule has 4 aliphatic rings. The Balaban J connectivity index is 0.950. The Morgan fingerprint density at radius 1 is 0.426 bits per heavy atom. The molecule has 0 atom stereocenters. The molecule has 4 fully saturated rings. The lowest BCUT2D eigenvalue weighted by Gasteiger charge is -2.55. The molecule has 0 aliphatic heterocycles. The maximum Gasteiger partial charge on any atom is 0.0591 e. The highest BCUT2D eigenvalue weighted by Gasteiger charge is 2.49. The van der Waals surface area contributed by atoms with Crippen LogP contribution < -0.4 is 4.90 Å². The van der Waals surface area contributed by atoms with E-state index < -0.39 is 0 Å². The molecule has 9 aromatic carbocycles. The number of anilines is 3. The van der Waals surface area contributed by atoms with Gasteiger partial charge in [0.25, 0.3) is 0 Å². The van der Waals surface area contributed by atoms with Crippen LogP contribution in [0.2, 0.25) is 0 Å². The fraction of sp³-hybridized carbons (Fsp3) is 0.169. The zero-order valence-electron chi connectivity index (χ0n) is 38.5. The van der Waals surface area contributed by atoms with E-state index in [9.17, 15) is 0 Å². The van der Waals surface area contributed by atoms with E-state index in [1.807, 2.05) is 0 Å². The predicted octanol–water partition coefficient (Wildman–Crippen LogP) is 17.5. The Bertz CT molecular complexity index is 3640. The van der Waals surface area contributed by atoms with Crippen LogP contribution in [0.15, 0.2) is 212 Å². The van der Waals surface area contributed by atoms with Crippen LogP contribution in [0.1, 0.15) is 49.1 Å². The van der Waals surface area contributed by atoms with E-state index in [4.69, 9.17) is 0 Å². The van der Waals surface area contributed by atoms with Gasteiger partial charge in [-0.2, -0.15) is 0 Å². The number of nitrogens with zero attached hydrogens (tertiary/aromatic N) is 3. The summed E-state index contributed by atoms with van der Waals surface area (Å²) in [5, 5.41) is 5.11. The maximum atomic E-state index is 2.65. The molecule has 4 aliphatic carbocycles. The van der Waals surface area contributed by atoms with E-state index in [1.165, 1.54) is 115 Å². The molecule has 4 bridgehead atoms. The summed E-state index contributed by atoms with van der Waals surface area (Å²) in [5.41, 5.74) is 18.6. The molecule has 15 rings (SSSR count). The number of aromatic nitrogens is 2. The van der Waals surface area contributed by atoms with Crippen LogP contribution in [-0.4, -0.2) is 9.13 Å². The van der Waals surface area contributed by atoms with Crippen LogP contribution in [0, 0.1) is 30.6 Å². The standard InChI is InChI=1S/C65H53N3/c1-42-30-35-62(64-56-24-9-14-29-61(56)68(65(42)64)60-28-13-8-23-55(60)63-48-37-43-36-44(39-48)40-49(63)38-43)66(57-25-10-5-20-52(57)46-16-3-2-4-17-46)50-33-31-45(32-34-50)47-18-15-19-51(41-47)67-58-26-11-6-21-53(58)54-22-7-12-27-59(54)67/h2-35,41,43-44,48-49,63H,36-40H2,1H3. The summed E-state index contributed by atoms with van der Waals surface area (Å²) >= 11 is 0. The summed E-state index contributed by atoms with van der Waals surface area (Å²) in [6.07, 6.45) is 7.10. The molecular formula is C65H53N3. The normalized spacial score (nSPS) is 19.7. The van der Waals surface area contributed by atoms with Crippen molar-refractivity contribution in [1.29, 1.82) is 0 Å². The van der Waals surface area contributed by atoms with Crippen molar-refractivity contribution in [1.82, 2.24) is 9.13 Å². The number of hydrogen-bond acceptors (Lipinski definition) is 1. The monoisotopic (exact) mass is 875 g/mol. The van der Waals surface area contributed by atoms with Crippen molar-refractivity contribution in [2.45, 2.75) is 44.9 Å². The highest BCUT2D eigenvalue weighted by molar-refractivity contribution is 6.18. The van der Waals surface area contributed by atoms with E-state index in [0.717, 1.165) is 40.7 Å². The number of para-hydroxylation sites is 5. The summed E-state index contributed by atoms with van der Waals surface area (Å²) in [6.45, 7) is 2.32. The Labute approximate surface area is 398 Å². The molecule has 328 valence electrons. The van der Waals surface area contributed by atoms with Crippen molar-refractivity contribution >= 4 is 60.7 Å². The molecule has 0 N–H and O–H groups in total. The number of aryl methyl sites for hydroxylation is 1. The molecule has 11 aromatic rings. The number of hydrogen-bond donors (Lipinski definition) is 0. The predicted molar refractivity (Wildman–Crippen MR) is 285 cm³/mol.